The van der Waals surface area contributed by atoms with Crippen molar-refractivity contribution in [2.24, 2.45) is 0 Å². The Morgan fingerprint density at radius 3 is 2.43 bits per heavy atom. The third kappa shape index (κ3) is 5.98. The molecule has 186 valence electrons. The van der Waals surface area contributed by atoms with Crippen molar-refractivity contribution in [2.75, 3.05) is 45.3 Å². The molecule has 0 aliphatic carbocycles. The molecule has 7 heteroatoms. The minimum Gasteiger partial charge on any atom is -0.497 e. The normalized spacial score (nSPS) is 14.0. The van der Waals surface area contributed by atoms with E-state index in [1.165, 1.54) is 5.56 Å². The predicted octanol–water partition coefficient (Wildman–Crippen LogP) is 4.67. The van der Waals surface area contributed by atoms with E-state index in [-0.39, 0.29) is 5.91 Å². The van der Waals surface area contributed by atoms with E-state index in [4.69, 9.17) is 13.9 Å². The molecule has 4 rings (SSSR count). The van der Waals surface area contributed by atoms with E-state index in [9.17, 15) is 4.79 Å². The minimum absolute atomic E-state index is 0.0557. The number of ether oxygens (including phenoxy) is 2. The standard InChI is InChI=1S/C28H35N3O4/c1-21(2)31(19-22-8-7-9-23(18-22)33-3)20-24-12-13-27(35-24)28(32)30-16-14-29(15-17-30)25-10-5-6-11-26(25)34-4/h5-13,18,21H,14-17,19-20H2,1-4H3. The van der Waals surface area contributed by atoms with Crippen molar-refractivity contribution in [2.45, 2.75) is 33.0 Å². The van der Waals surface area contributed by atoms with Crippen LogP contribution in [0.4, 0.5) is 5.69 Å². The Morgan fingerprint density at radius 1 is 0.943 bits per heavy atom. The molecule has 1 saturated heterocycles. The molecule has 0 saturated carbocycles. The van der Waals surface area contributed by atoms with Crippen LogP contribution in [-0.4, -0.2) is 62.1 Å². The number of para-hydroxylation sites is 2. The smallest absolute Gasteiger partial charge is 0.289 e. The lowest BCUT2D eigenvalue weighted by molar-refractivity contribution is 0.0709. The summed E-state index contributed by atoms with van der Waals surface area (Å²) in [5.41, 5.74) is 2.24. The van der Waals surface area contributed by atoms with E-state index >= 15 is 0 Å². The molecule has 0 spiro atoms. The zero-order chi connectivity index (χ0) is 24.8. The maximum atomic E-state index is 13.1. The fourth-order valence-electron chi connectivity index (χ4n) is 4.40. The first kappa shape index (κ1) is 24.7. The van der Waals surface area contributed by atoms with Gasteiger partial charge < -0.3 is 23.7 Å². The number of carbonyl (C=O) groups is 1. The Bertz CT molecular complexity index is 1120. The third-order valence-electron chi connectivity index (χ3n) is 6.47. The topological polar surface area (TPSA) is 58.4 Å². The molecular weight excluding hydrogens is 442 g/mol. The molecule has 1 amide bonds. The van der Waals surface area contributed by atoms with E-state index < -0.39 is 0 Å². The van der Waals surface area contributed by atoms with Gasteiger partial charge in [0, 0.05) is 38.8 Å². The number of methoxy groups -OCH3 is 2. The first-order chi connectivity index (χ1) is 17.0. The van der Waals surface area contributed by atoms with Gasteiger partial charge in [0.2, 0.25) is 0 Å². The highest BCUT2D eigenvalue weighted by atomic mass is 16.5. The van der Waals surface area contributed by atoms with Gasteiger partial charge in [-0.3, -0.25) is 9.69 Å². The van der Waals surface area contributed by atoms with Crippen LogP contribution < -0.4 is 14.4 Å². The van der Waals surface area contributed by atoms with E-state index in [2.05, 4.69) is 41.8 Å². The van der Waals surface area contributed by atoms with Crippen molar-refractivity contribution in [3.8, 4) is 11.5 Å². The highest BCUT2D eigenvalue weighted by molar-refractivity contribution is 5.91. The number of rotatable bonds is 9. The van der Waals surface area contributed by atoms with Gasteiger partial charge in [0.25, 0.3) is 5.91 Å². The van der Waals surface area contributed by atoms with Crippen molar-refractivity contribution in [1.82, 2.24) is 9.80 Å². The van der Waals surface area contributed by atoms with Crippen molar-refractivity contribution in [3.63, 3.8) is 0 Å². The van der Waals surface area contributed by atoms with Gasteiger partial charge in [-0.15, -0.1) is 0 Å². The van der Waals surface area contributed by atoms with Crippen LogP contribution in [-0.2, 0) is 13.1 Å². The largest absolute Gasteiger partial charge is 0.497 e. The summed E-state index contributed by atoms with van der Waals surface area (Å²) in [6.45, 7) is 8.50. The fourth-order valence-corrected chi connectivity index (χ4v) is 4.40. The summed E-state index contributed by atoms with van der Waals surface area (Å²) < 4.78 is 16.9. The van der Waals surface area contributed by atoms with Crippen LogP contribution in [0, 0.1) is 0 Å². The first-order valence-electron chi connectivity index (χ1n) is 12.1. The number of hydrogen-bond acceptors (Lipinski definition) is 6. The van der Waals surface area contributed by atoms with Gasteiger partial charge in [0.1, 0.15) is 17.3 Å². The summed E-state index contributed by atoms with van der Waals surface area (Å²) in [5, 5.41) is 0. The van der Waals surface area contributed by atoms with Gasteiger partial charge >= 0.3 is 0 Å². The highest BCUT2D eigenvalue weighted by Crippen LogP contribution is 2.28. The summed E-state index contributed by atoms with van der Waals surface area (Å²) in [5.74, 6) is 2.84. The quantitative estimate of drug-likeness (QED) is 0.446. The second-order valence-corrected chi connectivity index (χ2v) is 9.07. The lowest BCUT2D eigenvalue weighted by atomic mass is 10.1. The lowest BCUT2D eigenvalue weighted by Gasteiger charge is -2.36. The second kappa shape index (κ2) is 11.3. The number of benzene rings is 2. The Kier molecular flexibility index (Phi) is 7.98. The number of anilines is 1. The van der Waals surface area contributed by atoms with Crippen molar-refractivity contribution >= 4 is 11.6 Å². The number of nitrogens with zero attached hydrogens (tertiary/aromatic N) is 3. The third-order valence-corrected chi connectivity index (χ3v) is 6.47. The number of hydrogen-bond donors (Lipinski definition) is 0. The van der Waals surface area contributed by atoms with Crippen molar-refractivity contribution in [3.05, 3.63) is 77.7 Å². The monoisotopic (exact) mass is 477 g/mol. The first-order valence-corrected chi connectivity index (χ1v) is 12.1. The average Bonchev–Trinajstić information content (AvgIpc) is 3.36. The number of amides is 1. The Hall–Kier alpha value is -3.45. The molecule has 7 nitrogen and oxygen atoms in total. The fraction of sp³-hybridized carbons (Fsp3) is 0.393. The highest BCUT2D eigenvalue weighted by Gasteiger charge is 2.26. The molecule has 1 aliphatic rings. The Balaban J connectivity index is 1.36. The molecule has 1 aliphatic heterocycles. The van der Waals surface area contributed by atoms with Crippen LogP contribution in [0.2, 0.25) is 0 Å². The van der Waals surface area contributed by atoms with Gasteiger partial charge in [-0.2, -0.15) is 0 Å². The molecule has 3 aromatic rings. The molecule has 35 heavy (non-hydrogen) atoms. The van der Waals surface area contributed by atoms with E-state index in [1.807, 2.05) is 41.3 Å². The molecule has 0 radical (unpaired) electrons. The van der Waals surface area contributed by atoms with Gasteiger partial charge in [0.05, 0.1) is 26.5 Å². The molecule has 1 aromatic heterocycles. The number of piperazine rings is 1. The van der Waals surface area contributed by atoms with Crippen LogP contribution in [0.3, 0.4) is 0 Å². The van der Waals surface area contributed by atoms with Gasteiger partial charge in [0.15, 0.2) is 5.76 Å². The van der Waals surface area contributed by atoms with Crippen molar-refractivity contribution < 1.29 is 18.7 Å². The molecule has 0 N–H and O–H groups in total. The molecule has 0 bridgehead atoms. The predicted molar refractivity (Wildman–Crippen MR) is 137 cm³/mol. The SMILES string of the molecule is COc1cccc(CN(Cc2ccc(C(=O)N3CCN(c4ccccc4OC)CC3)o2)C(C)C)c1. The van der Waals surface area contributed by atoms with E-state index in [0.29, 0.717) is 31.4 Å². The summed E-state index contributed by atoms with van der Waals surface area (Å²) in [6, 6.07) is 20.1. The lowest BCUT2D eigenvalue weighted by Crippen LogP contribution is -2.48. The Morgan fingerprint density at radius 2 is 1.71 bits per heavy atom. The van der Waals surface area contributed by atoms with Crippen LogP contribution in [0.5, 0.6) is 11.5 Å². The average molecular weight is 478 g/mol. The molecule has 2 aromatic carbocycles. The molecular formula is C28H35N3O4. The van der Waals surface area contributed by atoms with Gasteiger partial charge in [-0.05, 0) is 55.8 Å². The van der Waals surface area contributed by atoms with Crippen molar-refractivity contribution in [1.29, 1.82) is 0 Å². The van der Waals surface area contributed by atoms with Crippen LogP contribution in [0.1, 0.15) is 35.7 Å². The molecule has 0 atom stereocenters. The van der Waals surface area contributed by atoms with Gasteiger partial charge in [-0.25, -0.2) is 0 Å². The van der Waals surface area contributed by atoms with Gasteiger partial charge in [-0.1, -0.05) is 24.3 Å². The van der Waals surface area contributed by atoms with E-state index in [1.54, 1.807) is 20.3 Å². The molecule has 0 unspecified atom stereocenters. The zero-order valence-corrected chi connectivity index (χ0v) is 21.1. The van der Waals surface area contributed by atoms with Crippen LogP contribution in [0.15, 0.2) is 65.1 Å². The maximum absolute atomic E-state index is 13.1. The maximum Gasteiger partial charge on any atom is 0.289 e. The summed E-state index contributed by atoms with van der Waals surface area (Å²) in [4.78, 5) is 19.6. The molecule has 2 heterocycles. The van der Waals surface area contributed by atoms with E-state index in [0.717, 1.165) is 42.6 Å². The summed E-state index contributed by atoms with van der Waals surface area (Å²) in [6.07, 6.45) is 0. The zero-order valence-electron chi connectivity index (χ0n) is 21.1. The van der Waals surface area contributed by atoms with Crippen LogP contribution in [0.25, 0.3) is 0 Å². The number of carbonyl (C=O) groups excluding carboxylic acids is 1. The second-order valence-electron chi connectivity index (χ2n) is 9.07. The Labute approximate surface area is 207 Å². The summed E-state index contributed by atoms with van der Waals surface area (Å²) >= 11 is 0. The van der Waals surface area contributed by atoms with Crippen LogP contribution >= 0.6 is 0 Å². The minimum atomic E-state index is -0.0557. The molecule has 1 fully saturated rings. The summed E-state index contributed by atoms with van der Waals surface area (Å²) in [7, 11) is 3.36. The number of furan rings is 1.